The van der Waals surface area contributed by atoms with Gasteiger partial charge < -0.3 is 15.7 Å². The number of amides is 1. The molecule has 0 aliphatic carbocycles. The standard InChI is InChI=1S/C15H20N2O3/c16-14(12-4-2-1-3-5-12)15(20)17-9-8-11(10-17)6-7-13(18)19/h1-5,11,14H,6-10,16H2,(H,18,19)/t11?,14-/m0/s1. The first kappa shape index (κ1) is 14.5. The molecule has 0 aromatic heterocycles. The van der Waals surface area contributed by atoms with Crippen molar-refractivity contribution in [2.45, 2.75) is 25.3 Å². The van der Waals surface area contributed by atoms with E-state index in [1.165, 1.54) is 0 Å². The van der Waals surface area contributed by atoms with E-state index >= 15 is 0 Å². The van der Waals surface area contributed by atoms with E-state index in [1.54, 1.807) is 4.90 Å². The summed E-state index contributed by atoms with van der Waals surface area (Å²) in [6, 6.07) is 8.68. The molecule has 1 aromatic carbocycles. The Bertz CT molecular complexity index is 475. The number of carbonyl (C=O) groups excluding carboxylic acids is 1. The number of carboxylic acid groups (broad SMARTS) is 1. The monoisotopic (exact) mass is 276 g/mol. The highest BCUT2D eigenvalue weighted by Gasteiger charge is 2.29. The molecule has 20 heavy (non-hydrogen) atoms. The minimum atomic E-state index is -0.782. The summed E-state index contributed by atoms with van der Waals surface area (Å²) in [5, 5.41) is 8.69. The Morgan fingerprint density at radius 1 is 1.35 bits per heavy atom. The van der Waals surface area contributed by atoms with Crippen LogP contribution < -0.4 is 5.73 Å². The van der Waals surface area contributed by atoms with E-state index in [4.69, 9.17) is 10.8 Å². The van der Waals surface area contributed by atoms with Crippen LogP contribution in [0.15, 0.2) is 30.3 Å². The summed E-state index contributed by atoms with van der Waals surface area (Å²) in [6.45, 7) is 1.29. The van der Waals surface area contributed by atoms with Gasteiger partial charge in [0.15, 0.2) is 0 Å². The molecule has 1 aliphatic heterocycles. The van der Waals surface area contributed by atoms with Crippen LogP contribution in [0.2, 0.25) is 0 Å². The number of likely N-dealkylation sites (tertiary alicyclic amines) is 1. The summed E-state index contributed by atoms with van der Waals surface area (Å²) in [6.07, 6.45) is 1.65. The smallest absolute Gasteiger partial charge is 0.303 e. The lowest BCUT2D eigenvalue weighted by Gasteiger charge is -2.21. The molecule has 0 saturated carbocycles. The van der Waals surface area contributed by atoms with E-state index in [-0.39, 0.29) is 18.2 Å². The van der Waals surface area contributed by atoms with E-state index in [0.717, 1.165) is 12.0 Å². The number of nitrogens with zero attached hydrogens (tertiary/aromatic N) is 1. The maximum absolute atomic E-state index is 12.3. The lowest BCUT2D eigenvalue weighted by molar-refractivity contribution is -0.137. The zero-order valence-corrected chi connectivity index (χ0v) is 11.4. The predicted octanol–water partition coefficient (Wildman–Crippen LogP) is 1.40. The lowest BCUT2D eigenvalue weighted by Crippen LogP contribution is -2.37. The summed E-state index contributed by atoms with van der Waals surface area (Å²) >= 11 is 0. The third kappa shape index (κ3) is 3.57. The summed E-state index contributed by atoms with van der Waals surface area (Å²) in [5.74, 6) is -0.581. The fraction of sp³-hybridized carbons (Fsp3) is 0.467. The highest BCUT2D eigenvalue weighted by molar-refractivity contribution is 5.83. The summed E-state index contributed by atoms with van der Waals surface area (Å²) in [7, 11) is 0. The molecular weight excluding hydrogens is 256 g/mol. The molecule has 0 spiro atoms. The van der Waals surface area contributed by atoms with Gasteiger partial charge in [0.25, 0.3) is 0 Å². The van der Waals surface area contributed by atoms with Crippen molar-refractivity contribution in [2.75, 3.05) is 13.1 Å². The van der Waals surface area contributed by atoms with E-state index in [1.807, 2.05) is 30.3 Å². The van der Waals surface area contributed by atoms with Crippen molar-refractivity contribution in [1.82, 2.24) is 4.90 Å². The minimum Gasteiger partial charge on any atom is -0.481 e. The third-order valence-electron chi connectivity index (χ3n) is 3.79. The van der Waals surface area contributed by atoms with E-state index in [2.05, 4.69) is 0 Å². The summed E-state index contributed by atoms with van der Waals surface area (Å²) in [5.41, 5.74) is 6.81. The third-order valence-corrected chi connectivity index (χ3v) is 3.79. The Kier molecular flexibility index (Phi) is 4.74. The molecule has 1 fully saturated rings. The van der Waals surface area contributed by atoms with Crippen molar-refractivity contribution < 1.29 is 14.7 Å². The van der Waals surface area contributed by atoms with Crippen molar-refractivity contribution in [3.63, 3.8) is 0 Å². The molecule has 5 nitrogen and oxygen atoms in total. The second kappa shape index (κ2) is 6.52. The fourth-order valence-electron chi connectivity index (χ4n) is 2.60. The van der Waals surface area contributed by atoms with Crippen molar-refractivity contribution in [2.24, 2.45) is 11.7 Å². The maximum Gasteiger partial charge on any atom is 0.303 e. The number of benzene rings is 1. The van der Waals surface area contributed by atoms with Gasteiger partial charge in [0.2, 0.25) is 5.91 Å². The van der Waals surface area contributed by atoms with Gasteiger partial charge in [-0.15, -0.1) is 0 Å². The van der Waals surface area contributed by atoms with E-state index < -0.39 is 12.0 Å². The Labute approximate surface area is 118 Å². The average Bonchev–Trinajstić information content (AvgIpc) is 2.93. The molecule has 0 radical (unpaired) electrons. The van der Waals surface area contributed by atoms with Gasteiger partial charge in [-0.1, -0.05) is 30.3 Å². The first-order chi connectivity index (χ1) is 9.58. The summed E-state index contributed by atoms with van der Waals surface area (Å²) < 4.78 is 0. The van der Waals surface area contributed by atoms with Crippen LogP contribution in [0.4, 0.5) is 0 Å². The number of hydrogen-bond acceptors (Lipinski definition) is 3. The fourth-order valence-corrected chi connectivity index (χ4v) is 2.60. The zero-order valence-electron chi connectivity index (χ0n) is 11.4. The summed E-state index contributed by atoms with van der Waals surface area (Å²) in [4.78, 5) is 24.6. The Morgan fingerprint density at radius 2 is 2.05 bits per heavy atom. The molecule has 0 bridgehead atoms. The number of hydrogen-bond donors (Lipinski definition) is 2. The molecule has 1 unspecified atom stereocenters. The van der Waals surface area contributed by atoms with Gasteiger partial charge in [0, 0.05) is 19.5 Å². The van der Waals surface area contributed by atoms with Crippen LogP contribution >= 0.6 is 0 Å². The average molecular weight is 276 g/mol. The van der Waals surface area contributed by atoms with Crippen molar-refractivity contribution in [1.29, 1.82) is 0 Å². The van der Waals surface area contributed by atoms with Crippen LogP contribution in [-0.2, 0) is 9.59 Å². The normalized spacial score (nSPS) is 19.9. The second-order valence-corrected chi connectivity index (χ2v) is 5.26. The predicted molar refractivity (Wildman–Crippen MR) is 74.9 cm³/mol. The topological polar surface area (TPSA) is 83.6 Å². The van der Waals surface area contributed by atoms with Crippen LogP contribution in [0.3, 0.4) is 0 Å². The maximum atomic E-state index is 12.3. The molecule has 5 heteroatoms. The van der Waals surface area contributed by atoms with Gasteiger partial charge in [0.1, 0.15) is 6.04 Å². The van der Waals surface area contributed by atoms with Gasteiger partial charge >= 0.3 is 5.97 Å². The first-order valence-corrected chi connectivity index (χ1v) is 6.89. The van der Waals surface area contributed by atoms with Crippen LogP contribution in [0.25, 0.3) is 0 Å². The van der Waals surface area contributed by atoms with E-state index in [9.17, 15) is 9.59 Å². The van der Waals surface area contributed by atoms with Crippen LogP contribution in [0.5, 0.6) is 0 Å². The zero-order chi connectivity index (χ0) is 14.5. The molecule has 108 valence electrons. The van der Waals surface area contributed by atoms with Gasteiger partial charge in [-0.05, 0) is 24.3 Å². The molecule has 1 heterocycles. The number of nitrogens with two attached hydrogens (primary N) is 1. The molecule has 2 atom stereocenters. The Morgan fingerprint density at radius 3 is 2.70 bits per heavy atom. The van der Waals surface area contributed by atoms with Gasteiger partial charge in [-0.25, -0.2) is 0 Å². The lowest BCUT2D eigenvalue weighted by atomic mass is 10.0. The highest BCUT2D eigenvalue weighted by atomic mass is 16.4. The van der Waals surface area contributed by atoms with E-state index in [0.29, 0.717) is 19.5 Å². The molecular formula is C15H20N2O3. The number of aliphatic carboxylic acids is 1. The van der Waals surface area contributed by atoms with Crippen molar-refractivity contribution in [3.05, 3.63) is 35.9 Å². The number of rotatable bonds is 5. The highest BCUT2D eigenvalue weighted by Crippen LogP contribution is 2.23. The SMILES string of the molecule is N[C@H](C(=O)N1CCC(CCC(=O)O)C1)c1ccccc1. The van der Waals surface area contributed by atoms with Crippen molar-refractivity contribution >= 4 is 11.9 Å². The Hall–Kier alpha value is -1.88. The van der Waals surface area contributed by atoms with Crippen LogP contribution in [-0.4, -0.2) is 35.0 Å². The van der Waals surface area contributed by atoms with Crippen LogP contribution in [0.1, 0.15) is 30.9 Å². The molecule has 1 saturated heterocycles. The molecule has 1 amide bonds. The molecule has 2 rings (SSSR count). The quantitative estimate of drug-likeness (QED) is 0.851. The van der Waals surface area contributed by atoms with Crippen molar-refractivity contribution in [3.8, 4) is 0 Å². The number of carbonyl (C=O) groups is 2. The second-order valence-electron chi connectivity index (χ2n) is 5.26. The van der Waals surface area contributed by atoms with Gasteiger partial charge in [-0.2, -0.15) is 0 Å². The Balaban J connectivity index is 1.89. The first-order valence-electron chi connectivity index (χ1n) is 6.89. The minimum absolute atomic E-state index is 0.0750. The molecule has 1 aromatic rings. The van der Waals surface area contributed by atoms with Crippen LogP contribution in [0, 0.1) is 5.92 Å². The molecule has 1 aliphatic rings. The largest absolute Gasteiger partial charge is 0.481 e. The number of carboxylic acids is 1. The molecule has 3 N–H and O–H groups in total. The van der Waals surface area contributed by atoms with Gasteiger partial charge in [-0.3, -0.25) is 9.59 Å². The van der Waals surface area contributed by atoms with Gasteiger partial charge in [0.05, 0.1) is 0 Å².